The summed E-state index contributed by atoms with van der Waals surface area (Å²) >= 11 is 0. The second-order valence-corrected chi connectivity index (χ2v) is 16.1. The summed E-state index contributed by atoms with van der Waals surface area (Å²) in [5.41, 5.74) is -0.101. The van der Waals surface area contributed by atoms with Gasteiger partial charge in [-0.2, -0.15) is 0 Å². The Hall–Kier alpha value is -1.06. The van der Waals surface area contributed by atoms with Crippen molar-refractivity contribution < 1.29 is 9.59 Å². The topological polar surface area (TPSA) is 40.6 Å². The molecule has 8 bridgehead atoms. The average molecular weight is 507 g/mol. The van der Waals surface area contributed by atoms with Crippen molar-refractivity contribution in [1.82, 2.24) is 9.80 Å². The summed E-state index contributed by atoms with van der Waals surface area (Å²) in [6.45, 7) is 3.44. The summed E-state index contributed by atoms with van der Waals surface area (Å²) < 4.78 is 0. The van der Waals surface area contributed by atoms with E-state index in [0.29, 0.717) is 23.7 Å². The highest BCUT2D eigenvalue weighted by atomic mass is 16.2. The van der Waals surface area contributed by atoms with Crippen LogP contribution in [0.1, 0.15) is 109 Å². The number of hydrogen-bond donors (Lipinski definition) is 0. The summed E-state index contributed by atoms with van der Waals surface area (Å²) in [7, 11) is 0. The molecule has 1 aliphatic heterocycles. The van der Waals surface area contributed by atoms with Gasteiger partial charge < -0.3 is 9.80 Å². The number of carbonyl (C=O) groups is 2. The fraction of sp³-hybridized carbons (Fsp3) is 0.939. The lowest BCUT2D eigenvalue weighted by Crippen LogP contribution is -2.56. The first-order chi connectivity index (χ1) is 18.0. The number of hydrogen-bond acceptors (Lipinski definition) is 2. The highest BCUT2D eigenvalue weighted by Crippen LogP contribution is 2.62. The van der Waals surface area contributed by atoms with Crippen molar-refractivity contribution >= 4 is 11.8 Å². The van der Waals surface area contributed by atoms with Crippen molar-refractivity contribution in [3.8, 4) is 0 Å². The van der Waals surface area contributed by atoms with Crippen LogP contribution < -0.4 is 0 Å². The third-order valence-corrected chi connectivity index (χ3v) is 13.4. The van der Waals surface area contributed by atoms with Gasteiger partial charge in [-0.25, -0.2) is 0 Å². The molecule has 10 rings (SSSR count). The second kappa shape index (κ2) is 8.72. The molecule has 0 aromatic carbocycles. The van der Waals surface area contributed by atoms with Gasteiger partial charge in [-0.15, -0.1) is 0 Å². The Bertz CT molecular complexity index is 798. The molecule has 1 heterocycles. The van der Waals surface area contributed by atoms with Crippen LogP contribution in [0.2, 0.25) is 0 Å². The summed E-state index contributed by atoms with van der Waals surface area (Å²) in [5, 5.41) is 0. The maximum Gasteiger partial charge on any atom is 0.228 e. The molecule has 0 aromatic heterocycles. The SMILES string of the molecule is O=C(N1CCN(C(=O)C23CC4CC(CC(C4)C2)C3)CC(C2CCCCC2)C1)C12CC3CC(CC(C3)C1)C2. The molecule has 4 heteroatoms. The maximum atomic E-state index is 14.5. The molecule has 0 radical (unpaired) electrons. The zero-order chi connectivity index (χ0) is 24.8. The molecule has 0 N–H and O–H groups in total. The summed E-state index contributed by atoms with van der Waals surface area (Å²) in [6, 6.07) is 0. The molecule has 0 aromatic rings. The standard InChI is InChI=1S/C33H50N2O2/c36-30(32-14-22-8-23(15-32)10-24(9-22)16-32)34-6-7-35(21-29(20-34)28-4-2-1-3-5-28)31(37)33-17-25-11-26(18-33)13-27(12-25)19-33/h22-29H,1-21H2. The van der Waals surface area contributed by atoms with Crippen LogP contribution in [0.4, 0.5) is 0 Å². The van der Waals surface area contributed by atoms with Gasteiger partial charge in [-0.05, 0) is 124 Å². The molecule has 9 aliphatic carbocycles. The monoisotopic (exact) mass is 506 g/mol. The first-order valence-corrected chi connectivity index (χ1v) is 16.6. The molecule has 4 nitrogen and oxygen atoms in total. The fourth-order valence-corrected chi connectivity index (χ4v) is 12.7. The Labute approximate surface area is 224 Å². The highest BCUT2D eigenvalue weighted by Gasteiger charge is 2.58. The predicted octanol–water partition coefficient (Wildman–Crippen LogP) is 6.29. The lowest BCUT2D eigenvalue weighted by molar-refractivity contribution is -0.159. The van der Waals surface area contributed by atoms with Crippen molar-refractivity contribution in [3.05, 3.63) is 0 Å². The first kappa shape index (κ1) is 23.8. The highest BCUT2D eigenvalue weighted by molar-refractivity contribution is 5.85. The van der Waals surface area contributed by atoms with Crippen LogP contribution in [0.5, 0.6) is 0 Å². The van der Waals surface area contributed by atoms with Crippen molar-refractivity contribution in [2.24, 2.45) is 58.2 Å². The van der Waals surface area contributed by atoms with E-state index >= 15 is 0 Å². The smallest absolute Gasteiger partial charge is 0.228 e. The van der Waals surface area contributed by atoms with E-state index in [-0.39, 0.29) is 10.8 Å². The van der Waals surface area contributed by atoms with Crippen molar-refractivity contribution in [1.29, 1.82) is 0 Å². The largest absolute Gasteiger partial charge is 0.340 e. The lowest BCUT2D eigenvalue weighted by Gasteiger charge is -2.56. The molecule has 204 valence electrons. The van der Waals surface area contributed by atoms with Crippen molar-refractivity contribution in [2.45, 2.75) is 109 Å². The molecule has 0 atom stereocenters. The third-order valence-electron chi connectivity index (χ3n) is 13.4. The molecule has 1 saturated heterocycles. The van der Waals surface area contributed by atoms with Crippen LogP contribution in [0.25, 0.3) is 0 Å². The van der Waals surface area contributed by atoms with Crippen LogP contribution in [0, 0.1) is 58.2 Å². The third kappa shape index (κ3) is 3.95. The summed E-state index contributed by atoms with van der Waals surface area (Å²) in [4.78, 5) is 33.6. The van der Waals surface area contributed by atoms with Crippen LogP contribution >= 0.6 is 0 Å². The van der Waals surface area contributed by atoms with E-state index in [1.54, 1.807) is 0 Å². The summed E-state index contributed by atoms with van der Waals surface area (Å²) in [6.07, 6.45) is 22.0. The molecule has 10 aliphatic rings. The average Bonchev–Trinajstić information content (AvgIpc) is 3.10. The quantitative estimate of drug-likeness (QED) is 0.452. The zero-order valence-corrected chi connectivity index (χ0v) is 23.2. The molecule has 9 saturated carbocycles. The van der Waals surface area contributed by atoms with Gasteiger partial charge in [-0.1, -0.05) is 32.1 Å². The van der Waals surface area contributed by atoms with Gasteiger partial charge in [0.05, 0.1) is 10.8 Å². The van der Waals surface area contributed by atoms with Crippen molar-refractivity contribution in [3.63, 3.8) is 0 Å². The van der Waals surface area contributed by atoms with E-state index in [0.717, 1.165) is 61.7 Å². The van der Waals surface area contributed by atoms with E-state index in [2.05, 4.69) is 9.80 Å². The number of nitrogens with zero attached hydrogens (tertiary/aromatic N) is 2. The minimum atomic E-state index is -0.0506. The van der Waals surface area contributed by atoms with Crippen molar-refractivity contribution in [2.75, 3.05) is 26.2 Å². The maximum absolute atomic E-state index is 14.5. The lowest BCUT2D eigenvalue weighted by atomic mass is 9.49. The molecule has 37 heavy (non-hydrogen) atoms. The van der Waals surface area contributed by atoms with E-state index in [1.165, 1.54) is 109 Å². The Morgan fingerprint density at radius 3 is 1.19 bits per heavy atom. The van der Waals surface area contributed by atoms with E-state index in [9.17, 15) is 9.59 Å². The number of rotatable bonds is 3. The minimum Gasteiger partial charge on any atom is -0.340 e. The zero-order valence-electron chi connectivity index (χ0n) is 23.2. The van der Waals surface area contributed by atoms with Gasteiger partial charge in [-0.3, -0.25) is 9.59 Å². The molecule has 2 amide bonds. The molecule has 10 fully saturated rings. The molecular formula is C33H50N2O2. The predicted molar refractivity (Wildman–Crippen MR) is 144 cm³/mol. The minimum absolute atomic E-state index is 0.0506. The van der Waals surface area contributed by atoms with Crippen LogP contribution in [0.3, 0.4) is 0 Å². The molecular weight excluding hydrogens is 456 g/mol. The molecule has 0 unspecified atom stereocenters. The first-order valence-electron chi connectivity index (χ1n) is 16.6. The van der Waals surface area contributed by atoms with E-state index < -0.39 is 0 Å². The Kier molecular flexibility index (Phi) is 5.61. The Morgan fingerprint density at radius 2 is 0.838 bits per heavy atom. The normalized spacial score (nSPS) is 48.9. The molecule has 0 spiro atoms. The van der Waals surface area contributed by atoms with Gasteiger partial charge in [0.25, 0.3) is 0 Å². The fourth-order valence-electron chi connectivity index (χ4n) is 12.7. The van der Waals surface area contributed by atoms with E-state index in [1.807, 2.05) is 0 Å². The van der Waals surface area contributed by atoms with Crippen LogP contribution in [-0.2, 0) is 9.59 Å². The van der Waals surface area contributed by atoms with E-state index in [4.69, 9.17) is 0 Å². The van der Waals surface area contributed by atoms with Crippen LogP contribution in [0.15, 0.2) is 0 Å². The van der Waals surface area contributed by atoms with Gasteiger partial charge in [0, 0.05) is 26.2 Å². The Balaban J connectivity index is 1.05. The van der Waals surface area contributed by atoms with Gasteiger partial charge in [0.1, 0.15) is 0 Å². The van der Waals surface area contributed by atoms with Gasteiger partial charge in [0.2, 0.25) is 11.8 Å². The number of carbonyl (C=O) groups excluding carboxylic acids is 2. The van der Waals surface area contributed by atoms with Crippen LogP contribution in [-0.4, -0.2) is 47.8 Å². The summed E-state index contributed by atoms with van der Waals surface area (Å²) in [5.74, 6) is 7.07. The van der Waals surface area contributed by atoms with Gasteiger partial charge in [0.15, 0.2) is 0 Å². The second-order valence-electron chi connectivity index (χ2n) is 16.1. The Morgan fingerprint density at radius 1 is 0.486 bits per heavy atom. The van der Waals surface area contributed by atoms with Gasteiger partial charge >= 0.3 is 0 Å². The number of amides is 2.